The summed E-state index contributed by atoms with van der Waals surface area (Å²) in [6.07, 6.45) is 0.549. The molecule has 1 saturated heterocycles. The lowest BCUT2D eigenvalue weighted by Crippen LogP contribution is -2.45. The molecule has 0 bridgehead atoms. The predicted octanol–water partition coefficient (Wildman–Crippen LogP) is 2.96. The molecule has 0 N–H and O–H groups in total. The van der Waals surface area contributed by atoms with E-state index in [1.54, 1.807) is 6.92 Å². The molecule has 110 valence electrons. The van der Waals surface area contributed by atoms with Crippen molar-refractivity contribution in [3.63, 3.8) is 0 Å². The van der Waals surface area contributed by atoms with Gasteiger partial charge in [0.1, 0.15) is 11.6 Å². The van der Waals surface area contributed by atoms with Crippen LogP contribution in [0.25, 0.3) is 0 Å². The Labute approximate surface area is 116 Å². The highest BCUT2D eigenvalue weighted by Gasteiger charge is 2.45. The first-order valence-electron chi connectivity index (χ1n) is 6.73. The van der Waals surface area contributed by atoms with Gasteiger partial charge in [0.05, 0.1) is 18.1 Å². The molecule has 1 heterocycles. The van der Waals surface area contributed by atoms with Crippen molar-refractivity contribution in [2.75, 3.05) is 13.2 Å². The Morgan fingerprint density at radius 1 is 1.40 bits per heavy atom. The average Bonchev–Trinajstić information content (AvgIpc) is 2.37. The Morgan fingerprint density at radius 3 is 2.60 bits per heavy atom. The molecule has 0 radical (unpaired) electrons. The Bertz CT molecular complexity index is 484. The standard InChI is InChI=1S/C15H18F2O3/c1-3-19-14(18)15(4-5-20-10(2)9-15)11-6-12(16)8-13(17)7-11/h6-8,10H,3-5,9H2,1-2H3. The number of carbonyl (C=O) groups is 1. The zero-order chi connectivity index (χ0) is 14.8. The van der Waals surface area contributed by atoms with E-state index in [9.17, 15) is 13.6 Å². The highest BCUT2D eigenvalue weighted by Crippen LogP contribution is 2.39. The number of carbonyl (C=O) groups excluding carboxylic acids is 1. The first-order chi connectivity index (χ1) is 9.48. The number of halogens is 2. The van der Waals surface area contributed by atoms with Crippen LogP contribution in [0.15, 0.2) is 18.2 Å². The molecule has 5 heteroatoms. The minimum Gasteiger partial charge on any atom is -0.465 e. The maximum absolute atomic E-state index is 13.5. The minimum atomic E-state index is -1.03. The molecule has 1 aromatic rings. The normalized spacial score (nSPS) is 26.3. The fourth-order valence-electron chi connectivity index (χ4n) is 2.75. The van der Waals surface area contributed by atoms with E-state index >= 15 is 0 Å². The molecule has 0 amide bonds. The minimum absolute atomic E-state index is 0.167. The van der Waals surface area contributed by atoms with Crippen molar-refractivity contribution in [1.29, 1.82) is 0 Å². The second-order valence-electron chi connectivity index (χ2n) is 5.10. The second kappa shape index (κ2) is 5.87. The Morgan fingerprint density at radius 2 is 2.05 bits per heavy atom. The predicted molar refractivity (Wildman–Crippen MR) is 69.3 cm³/mol. The van der Waals surface area contributed by atoms with Crippen molar-refractivity contribution in [3.05, 3.63) is 35.4 Å². The summed E-state index contributed by atoms with van der Waals surface area (Å²) in [6.45, 7) is 4.13. The molecule has 1 aliphatic heterocycles. The molecule has 3 nitrogen and oxygen atoms in total. The fourth-order valence-corrected chi connectivity index (χ4v) is 2.75. The van der Waals surface area contributed by atoms with Crippen LogP contribution >= 0.6 is 0 Å². The topological polar surface area (TPSA) is 35.5 Å². The molecule has 2 unspecified atom stereocenters. The Hall–Kier alpha value is -1.49. The van der Waals surface area contributed by atoms with Gasteiger partial charge in [-0.25, -0.2) is 8.78 Å². The number of esters is 1. The van der Waals surface area contributed by atoms with Crippen molar-refractivity contribution < 1.29 is 23.0 Å². The molecule has 1 fully saturated rings. The fraction of sp³-hybridized carbons (Fsp3) is 0.533. The van der Waals surface area contributed by atoms with Gasteiger partial charge in [-0.2, -0.15) is 0 Å². The van der Waals surface area contributed by atoms with Crippen LogP contribution in [0.2, 0.25) is 0 Å². The number of hydrogen-bond acceptors (Lipinski definition) is 3. The van der Waals surface area contributed by atoms with E-state index in [1.807, 2.05) is 6.92 Å². The molecule has 0 aliphatic carbocycles. The zero-order valence-electron chi connectivity index (χ0n) is 11.6. The third-order valence-corrected chi connectivity index (χ3v) is 3.65. The van der Waals surface area contributed by atoms with E-state index in [-0.39, 0.29) is 12.7 Å². The van der Waals surface area contributed by atoms with E-state index in [0.717, 1.165) is 6.07 Å². The molecular formula is C15H18F2O3. The maximum Gasteiger partial charge on any atom is 0.316 e. The van der Waals surface area contributed by atoms with Gasteiger partial charge in [0.2, 0.25) is 0 Å². The number of rotatable bonds is 3. The first-order valence-corrected chi connectivity index (χ1v) is 6.73. The van der Waals surface area contributed by atoms with Crippen LogP contribution in [0.1, 0.15) is 32.3 Å². The third-order valence-electron chi connectivity index (χ3n) is 3.65. The van der Waals surface area contributed by atoms with Gasteiger partial charge in [-0.3, -0.25) is 4.79 Å². The van der Waals surface area contributed by atoms with Crippen LogP contribution in [0.5, 0.6) is 0 Å². The molecule has 1 aromatic carbocycles. The quantitative estimate of drug-likeness (QED) is 0.801. The summed E-state index contributed by atoms with van der Waals surface area (Å²) >= 11 is 0. The lowest BCUT2D eigenvalue weighted by Gasteiger charge is -2.38. The van der Waals surface area contributed by atoms with Gasteiger partial charge in [-0.15, -0.1) is 0 Å². The van der Waals surface area contributed by atoms with E-state index in [4.69, 9.17) is 9.47 Å². The Kier molecular flexibility index (Phi) is 4.38. The van der Waals surface area contributed by atoms with Crippen molar-refractivity contribution in [1.82, 2.24) is 0 Å². The van der Waals surface area contributed by atoms with Gasteiger partial charge in [-0.05, 0) is 44.4 Å². The van der Waals surface area contributed by atoms with E-state index in [2.05, 4.69) is 0 Å². The molecule has 0 saturated carbocycles. The van der Waals surface area contributed by atoms with Gasteiger partial charge in [-0.1, -0.05) is 0 Å². The van der Waals surface area contributed by atoms with Crippen molar-refractivity contribution in [3.8, 4) is 0 Å². The van der Waals surface area contributed by atoms with Gasteiger partial charge >= 0.3 is 5.97 Å². The van der Waals surface area contributed by atoms with Crippen molar-refractivity contribution in [2.45, 2.75) is 38.2 Å². The van der Waals surface area contributed by atoms with Crippen LogP contribution in [-0.2, 0) is 19.7 Å². The number of benzene rings is 1. The average molecular weight is 284 g/mol. The summed E-state index contributed by atoms with van der Waals surface area (Å²) in [5.74, 6) is -1.83. The van der Waals surface area contributed by atoms with E-state index in [1.165, 1.54) is 12.1 Å². The van der Waals surface area contributed by atoms with Gasteiger partial charge < -0.3 is 9.47 Å². The number of hydrogen-bond donors (Lipinski definition) is 0. The third kappa shape index (κ3) is 2.82. The molecule has 0 aromatic heterocycles. The summed E-state index contributed by atoms with van der Waals surface area (Å²) in [5, 5.41) is 0. The van der Waals surface area contributed by atoms with Gasteiger partial charge in [0.25, 0.3) is 0 Å². The Balaban J connectivity index is 2.47. The number of ether oxygens (including phenoxy) is 2. The molecule has 0 spiro atoms. The maximum atomic E-state index is 13.5. The first kappa shape index (κ1) is 14.9. The summed E-state index contributed by atoms with van der Waals surface area (Å²) in [7, 11) is 0. The van der Waals surface area contributed by atoms with Crippen LogP contribution < -0.4 is 0 Å². The molecule has 2 atom stereocenters. The summed E-state index contributed by atoms with van der Waals surface area (Å²) in [5.41, 5.74) is -0.708. The largest absolute Gasteiger partial charge is 0.465 e. The van der Waals surface area contributed by atoms with Crippen LogP contribution in [0, 0.1) is 11.6 Å². The SMILES string of the molecule is CCOC(=O)C1(c2cc(F)cc(F)c2)CCOC(C)C1. The highest BCUT2D eigenvalue weighted by atomic mass is 19.1. The molecular weight excluding hydrogens is 266 g/mol. The lowest BCUT2D eigenvalue weighted by atomic mass is 9.72. The van der Waals surface area contributed by atoms with E-state index < -0.39 is 23.0 Å². The highest BCUT2D eigenvalue weighted by molar-refractivity contribution is 5.83. The van der Waals surface area contributed by atoms with Gasteiger partial charge in [0.15, 0.2) is 0 Å². The monoisotopic (exact) mass is 284 g/mol. The second-order valence-corrected chi connectivity index (χ2v) is 5.10. The van der Waals surface area contributed by atoms with Crippen molar-refractivity contribution >= 4 is 5.97 Å². The van der Waals surface area contributed by atoms with Crippen LogP contribution in [0.4, 0.5) is 8.78 Å². The summed E-state index contributed by atoms with van der Waals surface area (Å²) < 4.78 is 37.5. The van der Waals surface area contributed by atoms with E-state index in [0.29, 0.717) is 25.0 Å². The lowest BCUT2D eigenvalue weighted by molar-refractivity contribution is -0.156. The summed E-state index contributed by atoms with van der Waals surface area (Å²) in [6, 6.07) is 3.21. The molecule has 1 aliphatic rings. The smallest absolute Gasteiger partial charge is 0.316 e. The molecule has 2 rings (SSSR count). The van der Waals surface area contributed by atoms with Crippen molar-refractivity contribution in [2.24, 2.45) is 0 Å². The van der Waals surface area contributed by atoms with Crippen LogP contribution in [-0.4, -0.2) is 25.3 Å². The molecule has 20 heavy (non-hydrogen) atoms. The van der Waals surface area contributed by atoms with Crippen LogP contribution in [0.3, 0.4) is 0 Å². The summed E-state index contributed by atoms with van der Waals surface area (Å²) in [4.78, 5) is 12.4. The zero-order valence-corrected chi connectivity index (χ0v) is 11.6. The van der Waals surface area contributed by atoms with Gasteiger partial charge in [0, 0.05) is 12.7 Å².